The molecule has 1 aromatic carbocycles. The van der Waals surface area contributed by atoms with Crippen molar-refractivity contribution in [2.75, 3.05) is 32.4 Å². The van der Waals surface area contributed by atoms with E-state index in [0.717, 1.165) is 20.6 Å². The van der Waals surface area contributed by atoms with Gasteiger partial charge in [-0.2, -0.15) is 4.31 Å². The predicted octanol–water partition coefficient (Wildman–Crippen LogP) is 0.920. The zero-order valence-corrected chi connectivity index (χ0v) is 19.1. The van der Waals surface area contributed by atoms with Gasteiger partial charge in [0.1, 0.15) is 5.82 Å². The van der Waals surface area contributed by atoms with Crippen LogP contribution in [0.4, 0.5) is 13.2 Å². The zero-order chi connectivity index (χ0) is 25.0. The van der Waals surface area contributed by atoms with Crippen molar-refractivity contribution in [1.82, 2.24) is 19.3 Å². The van der Waals surface area contributed by atoms with Crippen molar-refractivity contribution in [2.24, 2.45) is 5.73 Å². The molecule has 3 rings (SSSR count). The molecule has 0 bridgehead atoms. The van der Waals surface area contributed by atoms with Gasteiger partial charge in [0.25, 0.3) is 5.91 Å². The first-order valence-corrected chi connectivity index (χ1v) is 12.2. The van der Waals surface area contributed by atoms with Gasteiger partial charge in [-0.15, -0.1) is 0 Å². The minimum Gasteiger partial charge on any atom is -0.327 e. The van der Waals surface area contributed by atoms with Crippen LogP contribution in [0.15, 0.2) is 36.7 Å². The third-order valence-electron chi connectivity index (χ3n) is 5.32. The first-order chi connectivity index (χ1) is 16.0. The second kappa shape index (κ2) is 10.5. The third-order valence-corrected chi connectivity index (χ3v) is 6.63. The summed E-state index contributed by atoms with van der Waals surface area (Å²) in [6, 6.07) is 3.17. The Balaban J connectivity index is 1.80. The number of hydrazine groups is 1. The molecule has 9 nitrogen and oxygen atoms in total. The average Bonchev–Trinajstić information content (AvgIpc) is 3.01. The summed E-state index contributed by atoms with van der Waals surface area (Å²) in [5.74, 6) is -4.74. The summed E-state index contributed by atoms with van der Waals surface area (Å²) in [7, 11) is -3.58. The maximum Gasteiger partial charge on any atom is 0.274 e. The van der Waals surface area contributed by atoms with Crippen molar-refractivity contribution in [3.05, 3.63) is 65.2 Å². The maximum atomic E-state index is 14.0. The molecular weight excluding hydrogens is 475 g/mol. The van der Waals surface area contributed by atoms with Crippen LogP contribution in [0.2, 0.25) is 0 Å². The molecule has 0 radical (unpaired) electrons. The van der Waals surface area contributed by atoms with E-state index in [9.17, 15) is 31.2 Å². The monoisotopic (exact) mass is 499 g/mol. The van der Waals surface area contributed by atoms with Gasteiger partial charge < -0.3 is 5.73 Å². The summed E-state index contributed by atoms with van der Waals surface area (Å²) in [6.45, 7) is -0.293. The van der Waals surface area contributed by atoms with Crippen LogP contribution >= 0.6 is 0 Å². The molecule has 0 saturated carbocycles. The quantitative estimate of drug-likeness (QED) is 0.591. The van der Waals surface area contributed by atoms with Crippen LogP contribution in [-0.2, 0) is 21.2 Å². The molecule has 34 heavy (non-hydrogen) atoms. The first-order valence-electron chi connectivity index (χ1n) is 10.3. The van der Waals surface area contributed by atoms with Crippen molar-refractivity contribution in [1.29, 1.82) is 0 Å². The number of halogens is 3. The van der Waals surface area contributed by atoms with Crippen LogP contribution in [0, 0.1) is 17.5 Å². The summed E-state index contributed by atoms with van der Waals surface area (Å²) in [4.78, 5) is 30.1. The van der Waals surface area contributed by atoms with Gasteiger partial charge in [0.15, 0.2) is 11.6 Å². The number of nitrogens with two attached hydrogens (primary N) is 1. The van der Waals surface area contributed by atoms with E-state index in [1.165, 1.54) is 18.5 Å². The third kappa shape index (κ3) is 6.10. The molecule has 2 N–H and O–H groups in total. The molecule has 2 aromatic rings. The lowest BCUT2D eigenvalue weighted by atomic mass is 10.0. The number of pyridine rings is 1. The molecule has 2 heterocycles. The summed E-state index contributed by atoms with van der Waals surface area (Å²) in [6.07, 6.45) is 3.22. The Kier molecular flexibility index (Phi) is 7.89. The van der Waals surface area contributed by atoms with E-state index in [4.69, 9.17) is 5.73 Å². The lowest BCUT2D eigenvalue weighted by molar-refractivity contribution is -0.144. The summed E-state index contributed by atoms with van der Waals surface area (Å²) < 4.78 is 65.8. The Hall–Kier alpha value is -3.03. The van der Waals surface area contributed by atoms with Crippen LogP contribution < -0.4 is 5.73 Å². The maximum absolute atomic E-state index is 14.0. The highest BCUT2D eigenvalue weighted by molar-refractivity contribution is 7.88. The number of sulfonamides is 1. The van der Waals surface area contributed by atoms with Gasteiger partial charge in [-0.3, -0.25) is 14.6 Å². The second-order valence-corrected chi connectivity index (χ2v) is 9.86. The minimum atomic E-state index is -3.58. The summed E-state index contributed by atoms with van der Waals surface area (Å²) >= 11 is 0. The second-order valence-electron chi connectivity index (χ2n) is 7.87. The van der Waals surface area contributed by atoms with Gasteiger partial charge in [0.2, 0.25) is 15.9 Å². The number of benzene rings is 1. The summed E-state index contributed by atoms with van der Waals surface area (Å²) in [5.41, 5.74) is 5.99. The molecule has 1 saturated heterocycles. The molecule has 1 fully saturated rings. The number of hydrogen-bond donors (Lipinski definition) is 1. The smallest absolute Gasteiger partial charge is 0.274 e. The topological polar surface area (TPSA) is 117 Å². The lowest BCUT2D eigenvalue weighted by Crippen LogP contribution is -2.51. The number of carbonyl (C=O) groups excluding carboxylic acids is 2. The molecule has 2 amide bonds. The van der Waals surface area contributed by atoms with Crippen molar-refractivity contribution < 1.29 is 31.2 Å². The largest absolute Gasteiger partial charge is 0.327 e. The SMILES string of the molecule is CS(=O)(=O)N1CCN(C(=O)C[C@H](N)Cc2cc(F)c(F)cc2F)N(C(=O)c2cccnc2)CC1. The highest BCUT2D eigenvalue weighted by Gasteiger charge is 2.33. The fourth-order valence-electron chi connectivity index (χ4n) is 3.61. The van der Waals surface area contributed by atoms with Crippen LogP contribution in [0.5, 0.6) is 0 Å². The highest BCUT2D eigenvalue weighted by atomic mass is 32.2. The van der Waals surface area contributed by atoms with Crippen molar-refractivity contribution in [3.8, 4) is 0 Å². The van der Waals surface area contributed by atoms with E-state index in [2.05, 4.69) is 4.98 Å². The number of aromatic nitrogens is 1. The highest BCUT2D eigenvalue weighted by Crippen LogP contribution is 2.18. The number of carbonyl (C=O) groups is 2. The molecule has 0 spiro atoms. The molecule has 184 valence electrons. The molecular formula is C21H24F3N5O4S. The fraction of sp³-hybridized carbons (Fsp3) is 0.381. The standard InChI is InChI=1S/C21H24F3N5O4S/c1-34(32,33)27-5-7-28(29(8-6-27)21(31)14-3-2-4-26-13-14)20(30)11-16(25)9-15-10-18(23)19(24)12-17(15)22/h2-4,10,12-13,16H,5-9,11,25H2,1H3/t16-/m1/s1. The van der Waals surface area contributed by atoms with Gasteiger partial charge in [-0.05, 0) is 30.2 Å². The molecule has 1 aliphatic rings. The van der Waals surface area contributed by atoms with Crippen LogP contribution in [-0.4, -0.2) is 78.0 Å². The minimum absolute atomic E-state index is 0.0270. The lowest BCUT2D eigenvalue weighted by Gasteiger charge is -2.33. The summed E-state index contributed by atoms with van der Waals surface area (Å²) in [5, 5.41) is 2.25. The Labute approximate surface area is 195 Å². The Bertz CT molecular complexity index is 1170. The van der Waals surface area contributed by atoms with Gasteiger partial charge >= 0.3 is 0 Å². The number of rotatable bonds is 6. The molecule has 0 aliphatic carbocycles. The Morgan fingerprint density at radius 3 is 2.32 bits per heavy atom. The fourth-order valence-corrected chi connectivity index (χ4v) is 4.44. The van der Waals surface area contributed by atoms with E-state index >= 15 is 0 Å². The van der Waals surface area contributed by atoms with Crippen LogP contribution in [0.1, 0.15) is 22.3 Å². The molecule has 13 heteroatoms. The molecule has 1 aromatic heterocycles. The normalized spacial score (nSPS) is 16.3. The van der Waals surface area contributed by atoms with Gasteiger partial charge in [0, 0.05) is 44.0 Å². The van der Waals surface area contributed by atoms with Crippen molar-refractivity contribution in [3.63, 3.8) is 0 Å². The van der Waals surface area contributed by atoms with Gasteiger partial charge in [0.05, 0.1) is 24.9 Å². The van der Waals surface area contributed by atoms with Gasteiger partial charge in [-0.25, -0.2) is 31.6 Å². The van der Waals surface area contributed by atoms with Crippen molar-refractivity contribution >= 4 is 21.8 Å². The average molecular weight is 500 g/mol. The van der Waals surface area contributed by atoms with Gasteiger partial charge in [-0.1, -0.05) is 0 Å². The van der Waals surface area contributed by atoms with E-state index in [-0.39, 0.29) is 50.1 Å². The van der Waals surface area contributed by atoms with Crippen LogP contribution in [0.25, 0.3) is 0 Å². The first kappa shape index (κ1) is 25.6. The number of hydrogen-bond acceptors (Lipinski definition) is 6. The Morgan fingerprint density at radius 2 is 1.71 bits per heavy atom. The number of amides is 2. The van der Waals surface area contributed by atoms with E-state index in [1.54, 1.807) is 6.07 Å². The Morgan fingerprint density at radius 1 is 1.06 bits per heavy atom. The van der Waals surface area contributed by atoms with E-state index in [1.807, 2.05) is 0 Å². The molecule has 1 atom stereocenters. The molecule has 1 aliphatic heterocycles. The zero-order valence-electron chi connectivity index (χ0n) is 18.3. The number of nitrogens with zero attached hydrogens (tertiary/aromatic N) is 4. The predicted molar refractivity (Wildman–Crippen MR) is 116 cm³/mol. The van der Waals surface area contributed by atoms with E-state index in [0.29, 0.717) is 12.1 Å². The van der Waals surface area contributed by atoms with Crippen molar-refractivity contribution in [2.45, 2.75) is 18.9 Å². The van der Waals surface area contributed by atoms with E-state index < -0.39 is 45.3 Å². The van der Waals surface area contributed by atoms with Crippen LogP contribution in [0.3, 0.4) is 0 Å². The molecule has 0 unspecified atom stereocenters.